The number of fused-ring (bicyclic) bond motifs is 1. The molecule has 0 fully saturated rings. The first-order chi connectivity index (χ1) is 17.1. The van der Waals surface area contributed by atoms with Gasteiger partial charge in [0.1, 0.15) is 17.3 Å². The summed E-state index contributed by atoms with van der Waals surface area (Å²) >= 11 is 2.97. The van der Waals surface area contributed by atoms with Crippen LogP contribution in [0.15, 0.2) is 65.1 Å². The molecular formula is C24H20N6O3S2. The lowest BCUT2D eigenvalue weighted by molar-refractivity contribution is -0.122. The number of primary amides is 1. The summed E-state index contributed by atoms with van der Waals surface area (Å²) in [7, 11) is 0. The Morgan fingerprint density at radius 1 is 1.17 bits per heavy atom. The summed E-state index contributed by atoms with van der Waals surface area (Å²) in [5, 5.41) is 15.0. The van der Waals surface area contributed by atoms with Crippen LogP contribution in [0.4, 0.5) is 5.69 Å². The highest BCUT2D eigenvalue weighted by atomic mass is 32.1. The van der Waals surface area contributed by atoms with Gasteiger partial charge >= 0.3 is 0 Å². The largest absolute Gasteiger partial charge is 0.370 e. The minimum atomic E-state index is -0.510. The third kappa shape index (κ3) is 5.27. The fourth-order valence-corrected chi connectivity index (χ4v) is 4.96. The number of ether oxygens (including phenoxy) is 1. The van der Waals surface area contributed by atoms with Crippen LogP contribution in [0.3, 0.4) is 0 Å². The number of thiazole rings is 1. The zero-order valence-corrected chi connectivity index (χ0v) is 20.0. The van der Waals surface area contributed by atoms with Gasteiger partial charge in [0.15, 0.2) is 0 Å². The summed E-state index contributed by atoms with van der Waals surface area (Å²) in [5.41, 5.74) is 9.61. The molecule has 1 aromatic carbocycles. The first kappa shape index (κ1) is 22.8. The number of pyridine rings is 1. The first-order valence-corrected chi connectivity index (χ1v) is 12.5. The van der Waals surface area contributed by atoms with Gasteiger partial charge in [0.05, 0.1) is 18.7 Å². The van der Waals surface area contributed by atoms with Gasteiger partial charge in [0.2, 0.25) is 5.91 Å². The number of benzene rings is 1. The number of carbonyl (C=O) groups is 2. The molecule has 2 amide bonds. The normalized spacial score (nSPS) is 11.1. The molecule has 0 saturated carbocycles. The van der Waals surface area contributed by atoms with Gasteiger partial charge in [-0.1, -0.05) is 0 Å². The van der Waals surface area contributed by atoms with E-state index in [0.29, 0.717) is 24.5 Å². The standard InChI is InChI=1S/C24H20N6O3S2/c25-22(31)12-33-6-5-30-11-17-8-20(18(9-19(17)29-30)16-3-7-34-13-16)27-23(32)21-14-35-24(28-21)15-2-1-4-26-10-15/h1-4,7-11,13-14H,5-6,12H2,(H2,25,31)(H,27,32). The quantitative estimate of drug-likeness (QED) is 0.292. The second-order valence-corrected chi connectivity index (χ2v) is 9.25. The van der Waals surface area contributed by atoms with Gasteiger partial charge in [0, 0.05) is 46.2 Å². The lowest BCUT2D eigenvalue weighted by atomic mass is 10.0. The van der Waals surface area contributed by atoms with Gasteiger partial charge in [-0.15, -0.1) is 11.3 Å². The molecule has 176 valence electrons. The lowest BCUT2D eigenvalue weighted by Gasteiger charge is -2.10. The van der Waals surface area contributed by atoms with Crippen molar-refractivity contribution in [3.05, 3.63) is 70.8 Å². The molecule has 11 heteroatoms. The van der Waals surface area contributed by atoms with Gasteiger partial charge in [-0.2, -0.15) is 16.4 Å². The molecule has 9 nitrogen and oxygen atoms in total. The maximum atomic E-state index is 13.1. The molecule has 5 rings (SSSR count). The van der Waals surface area contributed by atoms with Gasteiger partial charge in [-0.3, -0.25) is 19.3 Å². The molecule has 4 heterocycles. The summed E-state index contributed by atoms with van der Waals surface area (Å²) < 4.78 is 6.98. The molecule has 0 aliphatic rings. The van der Waals surface area contributed by atoms with Gasteiger partial charge in [-0.25, -0.2) is 4.98 Å². The zero-order valence-electron chi connectivity index (χ0n) is 18.4. The van der Waals surface area contributed by atoms with Gasteiger partial charge < -0.3 is 15.8 Å². The van der Waals surface area contributed by atoms with Crippen LogP contribution in [-0.4, -0.2) is 44.8 Å². The predicted octanol–water partition coefficient (Wildman–Crippen LogP) is 4.04. The van der Waals surface area contributed by atoms with Crippen molar-refractivity contribution in [1.82, 2.24) is 19.7 Å². The van der Waals surface area contributed by atoms with E-state index in [2.05, 4.69) is 20.4 Å². The van der Waals surface area contributed by atoms with Gasteiger partial charge in [0.25, 0.3) is 5.91 Å². The minimum Gasteiger partial charge on any atom is -0.370 e. The Balaban J connectivity index is 1.41. The zero-order chi connectivity index (χ0) is 24.2. The molecule has 0 aliphatic carbocycles. The van der Waals surface area contributed by atoms with Crippen molar-refractivity contribution >= 4 is 51.1 Å². The Labute approximate surface area is 208 Å². The molecule has 0 atom stereocenters. The summed E-state index contributed by atoms with van der Waals surface area (Å²) in [6.07, 6.45) is 5.29. The number of nitrogens with zero attached hydrogens (tertiary/aromatic N) is 4. The van der Waals surface area contributed by atoms with Crippen LogP contribution in [0, 0.1) is 0 Å². The maximum Gasteiger partial charge on any atom is 0.275 e. The molecule has 0 unspecified atom stereocenters. The van der Waals surface area contributed by atoms with Crippen LogP contribution in [0.2, 0.25) is 0 Å². The van der Waals surface area contributed by atoms with Crippen molar-refractivity contribution < 1.29 is 14.3 Å². The second kappa shape index (κ2) is 10.1. The van der Waals surface area contributed by atoms with Crippen molar-refractivity contribution in [2.75, 3.05) is 18.5 Å². The summed E-state index contributed by atoms with van der Waals surface area (Å²) in [4.78, 5) is 32.5. The third-order valence-electron chi connectivity index (χ3n) is 5.13. The Hall–Kier alpha value is -3.93. The van der Waals surface area contributed by atoms with Crippen LogP contribution in [-0.2, 0) is 16.1 Å². The highest BCUT2D eigenvalue weighted by Gasteiger charge is 2.17. The predicted molar refractivity (Wildman–Crippen MR) is 136 cm³/mol. The molecule has 0 spiro atoms. The summed E-state index contributed by atoms with van der Waals surface area (Å²) in [6, 6.07) is 9.60. The van der Waals surface area contributed by atoms with Crippen molar-refractivity contribution in [2.45, 2.75) is 6.54 Å². The molecule has 5 aromatic rings. The number of thiophene rings is 1. The number of hydrogen-bond acceptors (Lipinski definition) is 8. The topological polar surface area (TPSA) is 125 Å². The van der Waals surface area contributed by atoms with Crippen molar-refractivity contribution in [3.63, 3.8) is 0 Å². The Bertz CT molecular complexity index is 1480. The number of aromatic nitrogens is 4. The van der Waals surface area contributed by atoms with Crippen molar-refractivity contribution in [1.29, 1.82) is 0 Å². The molecule has 4 aromatic heterocycles. The number of rotatable bonds is 9. The number of carbonyl (C=O) groups excluding carboxylic acids is 2. The number of nitrogens with one attached hydrogen (secondary N) is 1. The van der Waals surface area contributed by atoms with Crippen LogP contribution in [0.5, 0.6) is 0 Å². The Kier molecular flexibility index (Phi) is 6.62. The van der Waals surface area contributed by atoms with E-state index < -0.39 is 5.91 Å². The van der Waals surface area contributed by atoms with Crippen LogP contribution >= 0.6 is 22.7 Å². The van der Waals surface area contributed by atoms with E-state index in [-0.39, 0.29) is 12.5 Å². The van der Waals surface area contributed by atoms with Crippen LogP contribution in [0.1, 0.15) is 10.5 Å². The van der Waals surface area contributed by atoms with E-state index in [1.807, 2.05) is 47.3 Å². The monoisotopic (exact) mass is 504 g/mol. The Morgan fingerprint density at radius 2 is 2.09 bits per heavy atom. The first-order valence-electron chi connectivity index (χ1n) is 10.6. The second-order valence-electron chi connectivity index (χ2n) is 7.61. The lowest BCUT2D eigenvalue weighted by Crippen LogP contribution is -2.19. The molecular weight excluding hydrogens is 484 g/mol. The SMILES string of the molecule is NC(=O)COCCn1cc2cc(NC(=O)c3csc(-c4cccnc4)n3)c(-c3ccsc3)cc2n1. The minimum absolute atomic E-state index is 0.127. The highest BCUT2D eigenvalue weighted by Crippen LogP contribution is 2.34. The van der Waals surface area contributed by atoms with Crippen LogP contribution in [0.25, 0.3) is 32.6 Å². The maximum absolute atomic E-state index is 13.1. The van der Waals surface area contributed by atoms with Crippen molar-refractivity contribution in [2.24, 2.45) is 5.73 Å². The summed E-state index contributed by atoms with van der Waals surface area (Å²) in [5.74, 6) is -0.802. The average molecular weight is 505 g/mol. The smallest absolute Gasteiger partial charge is 0.275 e. The van der Waals surface area contributed by atoms with E-state index in [1.54, 1.807) is 33.8 Å². The molecule has 3 N–H and O–H groups in total. The summed E-state index contributed by atoms with van der Waals surface area (Å²) in [6.45, 7) is 0.646. The Morgan fingerprint density at radius 3 is 2.86 bits per heavy atom. The number of nitrogens with two attached hydrogens (primary N) is 1. The average Bonchev–Trinajstić information content (AvgIpc) is 3.62. The molecule has 35 heavy (non-hydrogen) atoms. The number of hydrogen-bond donors (Lipinski definition) is 2. The van der Waals surface area contributed by atoms with E-state index in [9.17, 15) is 9.59 Å². The molecule has 0 bridgehead atoms. The molecule has 0 saturated heterocycles. The van der Waals surface area contributed by atoms with E-state index in [1.165, 1.54) is 11.3 Å². The van der Waals surface area contributed by atoms with E-state index in [0.717, 1.165) is 32.6 Å². The van der Waals surface area contributed by atoms with Crippen LogP contribution < -0.4 is 11.1 Å². The fraction of sp³-hybridized carbons (Fsp3) is 0.125. The highest BCUT2D eigenvalue weighted by molar-refractivity contribution is 7.13. The fourth-order valence-electron chi connectivity index (χ4n) is 3.51. The van der Waals surface area contributed by atoms with E-state index >= 15 is 0 Å². The van der Waals surface area contributed by atoms with E-state index in [4.69, 9.17) is 10.5 Å². The molecule has 0 radical (unpaired) electrons. The number of amides is 2. The number of anilines is 1. The molecule has 0 aliphatic heterocycles. The van der Waals surface area contributed by atoms with Crippen molar-refractivity contribution in [3.8, 4) is 21.7 Å². The third-order valence-corrected chi connectivity index (χ3v) is 6.70. The van der Waals surface area contributed by atoms with Gasteiger partial charge in [-0.05, 0) is 46.7 Å².